The molecule has 0 amide bonds. The number of ether oxygens (including phenoxy) is 1. The summed E-state index contributed by atoms with van der Waals surface area (Å²) >= 11 is 7.10. The maximum absolute atomic E-state index is 13.6. The first-order valence-electron chi connectivity index (χ1n) is 6.65. The van der Waals surface area contributed by atoms with Gasteiger partial charge in [0.15, 0.2) is 0 Å². The van der Waals surface area contributed by atoms with E-state index in [-0.39, 0.29) is 16.1 Å². The van der Waals surface area contributed by atoms with Gasteiger partial charge in [0.25, 0.3) is 0 Å². The number of methoxy groups -OCH3 is 1. The van der Waals surface area contributed by atoms with Gasteiger partial charge in [-0.05, 0) is 40.3 Å². The van der Waals surface area contributed by atoms with Crippen LogP contribution in [0.2, 0.25) is 0 Å². The number of benzene rings is 1. The number of alkyl halides is 1. The van der Waals surface area contributed by atoms with E-state index in [1.54, 1.807) is 7.11 Å². The lowest BCUT2D eigenvalue weighted by Gasteiger charge is -2.38. The Kier molecular flexibility index (Phi) is 4.93. The van der Waals surface area contributed by atoms with Gasteiger partial charge in [-0.1, -0.05) is 42.1 Å². The summed E-state index contributed by atoms with van der Waals surface area (Å²) < 4.78 is 19.4. The molecule has 1 atom stereocenters. The van der Waals surface area contributed by atoms with Crippen molar-refractivity contribution in [2.45, 2.75) is 43.9 Å². The Morgan fingerprint density at radius 1 is 1.26 bits per heavy atom. The number of hydrogen-bond acceptors (Lipinski definition) is 1. The van der Waals surface area contributed by atoms with Crippen LogP contribution in [0.15, 0.2) is 16.6 Å². The third kappa shape index (κ3) is 3.15. The van der Waals surface area contributed by atoms with E-state index in [1.165, 1.54) is 38.2 Å². The van der Waals surface area contributed by atoms with Crippen molar-refractivity contribution in [3.05, 3.63) is 28.0 Å². The molecule has 2 rings (SSSR count). The highest BCUT2D eigenvalue weighted by molar-refractivity contribution is 9.10. The minimum atomic E-state index is -0.283. The van der Waals surface area contributed by atoms with Crippen molar-refractivity contribution in [2.24, 2.45) is 5.41 Å². The standard InChI is InChI=1S/C15H19Br2FO/c1-15(6-4-3-5-7-15)14(17)10-8-11(16)12(18)9-13(10)19-2/h8-9,14H,3-7H2,1-2H3. The van der Waals surface area contributed by atoms with Gasteiger partial charge in [-0.3, -0.25) is 0 Å². The van der Waals surface area contributed by atoms with E-state index in [0.29, 0.717) is 10.2 Å². The van der Waals surface area contributed by atoms with Gasteiger partial charge in [0.2, 0.25) is 0 Å². The summed E-state index contributed by atoms with van der Waals surface area (Å²) in [6.07, 6.45) is 6.24. The molecule has 1 aliphatic rings. The van der Waals surface area contributed by atoms with E-state index in [1.807, 2.05) is 6.07 Å². The minimum Gasteiger partial charge on any atom is -0.496 e. The molecule has 1 aliphatic carbocycles. The second-order valence-electron chi connectivity index (χ2n) is 5.59. The smallest absolute Gasteiger partial charge is 0.141 e. The number of hydrogen-bond donors (Lipinski definition) is 0. The Hall–Kier alpha value is -0.0900. The zero-order valence-electron chi connectivity index (χ0n) is 11.3. The van der Waals surface area contributed by atoms with Gasteiger partial charge < -0.3 is 4.74 Å². The van der Waals surface area contributed by atoms with Crippen LogP contribution in [0.3, 0.4) is 0 Å². The summed E-state index contributed by atoms with van der Waals surface area (Å²) in [4.78, 5) is 0.187. The summed E-state index contributed by atoms with van der Waals surface area (Å²) in [6.45, 7) is 2.31. The molecule has 0 spiro atoms. The van der Waals surface area contributed by atoms with Gasteiger partial charge in [-0.25, -0.2) is 4.39 Å². The Balaban J connectivity index is 2.37. The first kappa shape index (κ1) is 15.3. The summed E-state index contributed by atoms with van der Waals surface area (Å²) in [6, 6.07) is 3.30. The zero-order chi connectivity index (χ0) is 14.0. The molecule has 0 aliphatic heterocycles. The molecule has 0 aromatic heterocycles. The summed E-state index contributed by atoms with van der Waals surface area (Å²) in [5.74, 6) is 0.337. The predicted molar refractivity (Wildman–Crippen MR) is 83.5 cm³/mol. The monoisotopic (exact) mass is 392 g/mol. The third-order valence-corrected chi connectivity index (χ3v) is 6.36. The van der Waals surface area contributed by atoms with E-state index in [2.05, 4.69) is 38.8 Å². The van der Waals surface area contributed by atoms with Gasteiger partial charge in [0.1, 0.15) is 11.6 Å². The Morgan fingerprint density at radius 3 is 2.47 bits per heavy atom. The van der Waals surface area contributed by atoms with Crippen molar-refractivity contribution in [2.75, 3.05) is 7.11 Å². The fraction of sp³-hybridized carbons (Fsp3) is 0.600. The Bertz CT molecular complexity index is 456. The van der Waals surface area contributed by atoms with Crippen LogP contribution in [0.1, 0.15) is 49.4 Å². The van der Waals surface area contributed by atoms with Crippen LogP contribution in [0, 0.1) is 11.2 Å². The molecule has 1 aromatic rings. The predicted octanol–water partition coefficient (Wildman–Crippen LogP) is 6.00. The normalized spacial score (nSPS) is 20.1. The van der Waals surface area contributed by atoms with Crippen molar-refractivity contribution in [3.63, 3.8) is 0 Å². The highest BCUT2D eigenvalue weighted by Gasteiger charge is 2.36. The lowest BCUT2D eigenvalue weighted by atomic mass is 9.72. The molecule has 1 unspecified atom stereocenters. The number of rotatable bonds is 3. The Labute approximate surface area is 131 Å². The van der Waals surface area contributed by atoms with E-state index in [0.717, 1.165) is 5.56 Å². The van der Waals surface area contributed by atoms with Crippen molar-refractivity contribution in [1.82, 2.24) is 0 Å². The van der Waals surface area contributed by atoms with Crippen LogP contribution in [0.25, 0.3) is 0 Å². The summed E-state index contributed by atoms with van der Waals surface area (Å²) in [5, 5.41) is 0. The van der Waals surface area contributed by atoms with Crippen molar-refractivity contribution in [3.8, 4) is 5.75 Å². The molecule has 1 aromatic carbocycles. The van der Waals surface area contributed by atoms with Crippen LogP contribution >= 0.6 is 31.9 Å². The fourth-order valence-electron chi connectivity index (χ4n) is 2.91. The van der Waals surface area contributed by atoms with Crippen LogP contribution in [-0.2, 0) is 0 Å². The van der Waals surface area contributed by atoms with Gasteiger partial charge in [-0.15, -0.1) is 0 Å². The van der Waals surface area contributed by atoms with Gasteiger partial charge in [0.05, 0.1) is 11.6 Å². The zero-order valence-corrected chi connectivity index (χ0v) is 14.5. The highest BCUT2D eigenvalue weighted by Crippen LogP contribution is 2.52. The molecule has 1 nitrogen and oxygen atoms in total. The van der Waals surface area contributed by atoms with Crippen LogP contribution in [-0.4, -0.2) is 7.11 Å². The van der Waals surface area contributed by atoms with E-state index in [9.17, 15) is 4.39 Å². The molecule has 106 valence electrons. The van der Waals surface area contributed by atoms with Crippen molar-refractivity contribution in [1.29, 1.82) is 0 Å². The molecule has 0 saturated heterocycles. The lowest BCUT2D eigenvalue weighted by Crippen LogP contribution is -2.25. The summed E-state index contributed by atoms with van der Waals surface area (Å²) in [7, 11) is 1.59. The maximum atomic E-state index is 13.6. The molecule has 19 heavy (non-hydrogen) atoms. The molecular formula is C15H19Br2FO. The van der Waals surface area contributed by atoms with Crippen LogP contribution < -0.4 is 4.74 Å². The highest BCUT2D eigenvalue weighted by atomic mass is 79.9. The fourth-order valence-corrected chi connectivity index (χ4v) is 4.08. The first-order chi connectivity index (χ1) is 8.98. The Morgan fingerprint density at radius 2 is 1.89 bits per heavy atom. The van der Waals surface area contributed by atoms with Crippen LogP contribution in [0.5, 0.6) is 5.75 Å². The SMILES string of the molecule is COc1cc(F)c(Br)cc1C(Br)C1(C)CCCCC1. The second-order valence-corrected chi connectivity index (χ2v) is 7.36. The molecule has 0 radical (unpaired) electrons. The maximum Gasteiger partial charge on any atom is 0.141 e. The molecule has 0 N–H and O–H groups in total. The largest absolute Gasteiger partial charge is 0.496 e. The van der Waals surface area contributed by atoms with Gasteiger partial charge >= 0.3 is 0 Å². The molecular weight excluding hydrogens is 375 g/mol. The summed E-state index contributed by atoms with van der Waals surface area (Å²) in [5.41, 5.74) is 1.24. The quantitative estimate of drug-likeness (QED) is 0.572. The third-order valence-electron chi connectivity index (χ3n) is 4.15. The van der Waals surface area contributed by atoms with Gasteiger partial charge in [-0.2, -0.15) is 0 Å². The van der Waals surface area contributed by atoms with Crippen LogP contribution in [0.4, 0.5) is 4.39 Å². The average molecular weight is 394 g/mol. The molecule has 4 heteroatoms. The lowest BCUT2D eigenvalue weighted by molar-refractivity contribution is 0.210. The molecule has 1 saturated carbocycles. The molecule has 0 heterocycles. The van der Waals surface area contributed by atoms with Gasteiger partial charge in [0, 0.05) is 16.5 Å². The average Bonchev–Trinajstić information content (AvgIpc) is 2.41. The van der Waals surface area contributed by atoms with Crippen molar-refractivity contribution < 1.29 is 9.13 Å². The van der Waals surface area contributed by atoms with E-state index < -0.39 is 0 Å². The topological polar surface area (TPSA) is 9.23 Å². The first-order valence-corrected chi connectivity index (χ1v) is 8.36. The minimum absolute atomic E-state index is 0.187. The van der Waals surface area contributed by atoms with E-state index >= 15 is 0 Å². The van der Waals surface area contributed by atoms with E-state index in [4.69, 9.17) is 4.74 Å². The second kappa shape index (κ2) is 6.13. The van der Waals surface area contributed by atoms with Crippen molar-refractivity contribution >= 4 is 31.9 Å². The molecule has 1 fully saturated rings. The molecule has 0 bridgehead atoms. The number of halogens is 3.